The molecule has 2 N–H and O–H groups in total. The van der Waals surface area contributed by atoms with Gasteiger partial charge in [0.05, 0.1) is 16.7 Å². The number of carboxylic acids is 1. The van der Waals surface area contributed by atoms with E-state index >= 15 is 0 Å². The van der Waals surface area contributed by atoms with Gasteiger partial charge < -0.3 is 5.11 Å². The number of carbonyl (C=O) groups is 1. The van der Waals surface area contributed by atoms with E-state index in [0.717, 1.165) is 6.07 Å². The van der Waals surface area contributed by atoms with Gasteiger partial charge in [0.2, 0.25) is 10.0 Å². The summed E-state index contributed by atoms with van der Waals surface area (Å²) in [6, 6.07) is 3.98. The molecule has 2 aromatic rings. The number of rotatable bonds is 5. The fraction of sp³-hybridized carbons (Fsp3) is 0.167. The van der Waals surface area contributed by atoms with E-state index in [1.807, 2.05) is 22.6 Å². The Hall–Kier alpha value is -1.46. The summed E-state index contributed by atoms with van der Waals surface area (Å²) < 4.78 is 28.8. The Morgan fingerprint density at radius 3 is 2.76 bits per heavy atom. The monoisotopic (exact) mass is 421 g/mol. The van der Waals surface area contributed by atoms with E-state index in [9.17, 15) is 13.2 Å². The SMILES string of the molecule is Cn1cc(CNS(=O)(=O)c2ccc(I)c(C(=O)O)c2)cn1. The van der Waals surface area contributed by atoms with Gasteiger partial charge >= 0.3 is 5.97 Å². The van der Waals surface area contributed by atoms with Crippen LogP contribution in [-0.2, 0) is 23.6 Å². The van der Waals surface area contributed by atoms with Crippen LogP contribution in [0.3, 0.4) is 0 Å². The molecule has 0 aliphatic carbocycles. The Bertz CT molecular complexity index is 786. The molecule has 0 saturated heterocycles. The van der Waals surface area contributed by atoms with Gasteiger partial charge in [-0.2, -0.15) is 5.10 Å². The standard InChI is InChI=1S/C12H12IN3O4S/c1-16-7-8(5-14-16)6-15-21(19,20)9-2-3-11(13)10(4-9)12(17)18/h2-5,7,15H,6H2,1H3,(H,17,18). The van der Waals surface area contributed by atoms with Gasteiger partial charge in [-0.05, 0) is 40.8 Å². The predicted octanol–water partition coefficient (Wildman–Crippen LogP) is 1.20. The average molecular weight is 421 g/mol. The Kier molecular flexibility index (Phi) is 4.64. The number of benzene rings is 1. The molecule has 1 aromatic carbocycles. The van der Waals surface area contributed by atoms with Crippen molar-refractivity contribution in [2.24, 2.45) is 7.05 Å². The first-order valence-corrected chi connectivity index (χ1v) is 8.36. The maximum Gasteiger partial charge on any atom is 0.336 e. The zero-order valence-corrected chi connectivity index (χ0v) is 13.9. The highest BCUT2D eigenvalue weighted by atomic mass is 127. The number of aromatic nitrogens is 2. The molecule has 0 atom stereocenters. The highest BCUT2D eigenvalue weighted by molar-refractivity contribution is 14.1. The van der Waals surface area contributed by atoms with Crippen LogP contribution in [0.4, 0.5) is 0 Å². The quantitative estimate of drug-likeness (QED) is 0.707. The number of carboxylic acid groups (broad SMARTS) is 1. The molecule has 0 radical (unpaired) electrons. The Labute approximate surface area is 135 Å². The first-order chi connectivity index (χ1) is 9.79. The first kappa shape index (κ1) is 15.9. The van der Waals surface area contributed by atoms with Crippen molar-refractivity contribution in [2.75, 3.05) is 0 Å². The van der Waals surface area contributed by atoms with E-state index in [2.05, 4.69) is 9.82 Å². The molecule has 1 aromatic heterocycles. The highest BCUT2D eigenvalue weighted by Crippen LogP contribution is 2.18. The van der Waals surface area contributed by atoms with Gasteiger partial charge in [0.1, 0.15) is 0 Å². The topological polar surface area (TPSA) is 101 Å². The lowest BCUT2D eigenvalue weighted by Gasteiger charge is -2.07. The number of nitrogens with one attached hydrogen (secondary N) is 1. The van der Waals surface area contributed by atoms with Crippen molar-refractivity contribution >= 4 is 38.6 Å². The van der Waals surface area contributed by atoms with Crippen molar-refractivity contribution in [1.29, 1.82) is 0 Å². The van der Waals surface area contributed by atoms with Crippen LogP contribution >= 0.6 is 22.6 Å². The van der Waals surface area contributed by atoms with Crippen molar-refractivity contribution < 1.29 is 18.3 Å². The van der Waals surface area contributed by atoms with Gasteiger partial charge in [-0.25, -0.2) is 17.9 Å². The number of halogens is 1. The summed E-state index contributed by atoms with van der Waals surface area (Å²) in [6.45, 7) is 0.0879. The van der Waals surface area contributed by atoms with Gasteiger partial charge in [-0.3, -0.25) is 4.68 Å². The molecule has 21 heavy (non-hydrogen) atoms. The van der Waals surface area contributed by atoms with Crippen LogP contribution in [-0.4, -0.2) is 29.3 Å². The summed E-state index contributed by atoms with van der Waals surface area (Å²) in [5, 5.41) is 13.0. The molecular formula is C12H12IN3O4S. The Morgan fingerprint density at radius 2 is 2.19 bits per heavy atom. The number of hydrogen-bond donors (Lipinski definition) is 2. The summed E-state index contributed by atoms with van der Waals surface area (Å²) in [4.78, 5) is 11.0. The second-order valence-corrected chi connectivity index (χ2v) is 7.22. The molecule has 0 aliphatic heterocycles. The summed E-state index contributed by atoms with van der Waals surface area (Å²) in [5.74, 6) is -1.16. The van der Waals surface area contributed by atoms with Gasteiger partial charge in [0.15, 0.2) is 0 Å². The number of sulfonamides is 1. The third-order valence-electron chi connectivity index (χ3n) is 2.70. The van der Waals surface area contributed by atoms with E-state index in [0.29, 0.717) is 9.13 Å². The summed E-state index contributed by atoms with van der Waals surface area (Å²) in [5.41, 5.74) is 0.671. The summed E-state index contributed by atoms with van der Waals surface area (Å²) in [7, 11) is -2.04. The van der Waals surface area contributed by atoms with Crippen molar-refractivity contribution in [3.8, 4) is 0 Å². The number of hydrogen-bond acceptors (Lipinski definition) is 4. The number of nitrogens with zero attached hydrogens (tertiary/aromatic N) is 2. The molecular weight excluding hydrogens is 409 g/mol. The maximum absolute atomic E-state index is 12.2. The lowest BCUT2D eigenvalue weighted by atomic mass is 10.2. The summed E-state index contributed by atoms with van der Waals surface area (Å²) in [6.07, 6.45) is 3.25. The molecule has 0 amide bonds. The molecule has 0 bridgehead atoms. The van der Waals surface area contributed by atoms with Gasteiger partial charge in [-0.15, -0.1) is 0 Å². The summed E-state index contributed by atoms with van der Waals surface area (Å²) >= 11 is 1.85. The minimum atomic E-state index is -3.78. The molecule has 0 saturated carbocycles. The van der Waals surface area contributed by atoms with Gasteiger partial charge in [0, 0.05) is 28.9 Å². The molecule has 1 heterocycles. The van der Waals surface area contributed by atoms with Gasteiger partial charge in [-0.1, -0.05) is 0 Å². The van der Waals surface area contributed by atoms with E-state index < -0.39 is 16.0 Å². The zero-order valence-electron chi connectivity index (χ0n) is 10.9. The Balaban J connectivity index is 2.23. The normalized spacial score (nSPS) is 11.5. The van der Waals surface area contributed by atoms with Crippen molar-refractivity contribution in [3.05, 3.63) is 45.3 Å². The van der Waals surface area contributed by atoms with Crippen LogP contribution in [0.25, 0.3) is 0 Å². The van der Waals surface area contributed by atoms with Crippen LogP contribution in [0.15, 0.2) is 35.5 Å². The van der Waals surface area contributed by atoms with Crippen molar-refractivity contribution in [2.45, 2.75) is 11.4 Å². The van der Waals surface area contributed by atoms with Crippen LogP contribution in [0.2, 0.25) is 0 Å². The van der Waals surface area contributed by atoms with Crippen LogP contribution in [0.1, 0.15) is 15.9 Å². The lowest BCUT2D eigenvalue weighted by molar-refractivity contribution is 0.0695. The highest BCUT2D eigenvalue weighted by Gasteiger charge is 2.18. The zero-order chi connectivity index (χ0) is 15.6. The third-order valence-corrected chi connectivity index (χ3v) is 5.04. The minimum Gasteiger partial charge on any atom is -0.478 e. The largest absolute Gasteiger partial charge is 0.478 e. The van der Waals surface area contributed by atoms with Gasteiger partial charge in [0.25, 0.3) is 0 Å². The molecule has 0 fully saturated rings. The van der Waals surface area contributed by atoms with E-state index in [-0.39, 0.29) is 17.0 Å². The van der Waals surface area contributed by atoms with Crippen molar-refractivity contribution in [3.63, 3.8) is 0 Å². The first-order valence-electron chi connectivity index (χ1n) is 5.79. The van der Waals surface area contributed by atoms with Crippen LogP contribution in [0.5, 0.6) is 0 Å². The predicted molar refractivity (Wildman–Crippen MR) is 83.4 cm³/mol. The minimum absolute atomic E-state index is 0.0418. The second-order valence-electron chi connectivity index (χ2n) is 4.29. The smallest absolute Gasteiger partial charge is 0.336 e. The molecule has 0 spiro atoms. The molecule has 9 heteroatoms. The van der Waals surface area contributed by atoms with Crippen LogP contribution in [0, 0.1) is 3.57 Å². The van der Waals surface area contributed by atoms with E-state index in [1.165, 1.54) is 12.1 Å². The number of aromatic carboxylic acids is 1. The third kappa shape index (κ3) is 3.80. The lowest BCUT2D eigenvalue weighted by Crippen LogP contribution is -2.23. The van der Waals surface area contributed by atoms with E-state index in [1.54, 1.807) is 24.1 Å². The van der Waals surface area contributed by atoms with Crippen molar-refractivity contribution in [1.82, 2.24) is 14.5 Å². The average Bonchev–Trinajstić information content (AvgIpc) is 2.82. The number of aryl methyl sites for hydroxylation is 1. The molecule has 2 rings (SSSR count). The molecule has 0 unspecified atom stereocenters. The maximum atomic E-state index is 12.2. The molecule has 7 nitrogen and oxygen atoms in total. The molecule has 112 valence electrons. The fourth-order valence-electron chi connectivity index (χ4n) is 1.66. The fourth-order valence-corrected chi connectivity index (χ4v) is 3.27. The van der Waals surface area contributed by atoms with Crippen LogP contribution < -0.4 is 4.72 Å². The van der Waals surface area contributed by atoms with E-state index in [4.69, 9.17) is 5.11 Å². The Morgan fingerprint density at radius 1 is 1.48 bits per heavy atom. The molecule has 0 aliphatic rings. The second kappa shape index (κ2) is 6.12.